The minimum atomic E-state index is 0.275. The lowest BCUT2D eigenvalue weighted by Crippen LogP contribution is -2.14. The first-order valence-electron chi connectivity index (χ1n) is 4.34. The van der Waals surface area contributed by atoms with Crippen LogP contribution in [0, 0.1) is 0 Å². The van der Waals surface area contributed by atoms with E-state index in [1.165, 1.54) is 23.5 Å². The van der Waals surface area contributed by atoms with Gasteiger partial charge in [0.25, 0.3) is 0 Å². The Morgan fingerprint density at radius 3 is 2.31 bits per heavy atom. The number of benzene rings is 1. The van der Waals surface area contributed by atoms with Gasteiger partial charge in [-0.3, -0.25) is 0 Å². The highest BCUT2D eigenvalue weighted by molar-refractivity contribution is 14.1. The average Bonchev–Trinajstić information content (AvgIpc) is 2.20. The number of rotatable bonds is 1. The van der Waals surface area contributed by atoms with Crippen molar-refractivity contribution in [2.75, 3.05) is 11.5 Å². The van der Waals surface area contributed by atoms with Crippen molar-refractivity contribution in [3.8, 4) is 0 Å². The van der Waals surface area contributed by atoms with Crippen LogP contribution in [0.2, 0.25) is 0 Å². The summed E-state index contributed by atoms with van der Waals surface area (Å²) < 4.78 is 0.275. The first-order valence-corrected chi connectivity index (χ1v) is 7.39. The minimum Gasteiger partial charge on any atom is -0.129 e. The van der Waals surface area contributed by atoms with E-state index in [2.05, 4.69) is 76.4 Å². The average molecular weight is 322 g/mol. The van der Waals surface area contributed by atoms with Gasteiger partial charge >= 0.3 is 0 Å². The first-order chi connectivity index (χ1) is 6.31. The monoisotopic (exact) mass is 322 g/mol. The summed E-state index contributed by atoms with van der Waals surface area (Å²) in [5.41, 5.74) is 1.45. The Labute approximate surface area is 101 Å². The Bertz CT molecular complexity index is 268. The van der Waals surface area contributed by atoms with Crippen molar-refractivity contribution in [3.05, 3.63) is 35.9 Å². The van der Waals surface area contributed by atoms with Crippen molar-refractivity contribution < 1.29 is 0 Å². The van der Waals surface area contributed by atoms with Gasteiger partial charge in [-0.2, -0.15) is 0 Å². The zero-order chi connectivity index (χ0) is 9.15. The molecule has 0 saturated carbocycles. The zero-order valence-electron chi connectivity index (χ0n) is 7.20. The summed E-state index contributed by atoms with van der Waals surface area (Å²) in [6.07, 6.45) is 1.35. The second-order valence-electron chi connectivity index (χ2n) is 2.95. The van der Waals surface area contributed by atoms with Crippen LogP contribution >= 0.6 is 46.1 Å². The number of alkyl halides is 1. The van der Waals surface area contributed by atoms with E-state index in [9.17, 15) is 0 Å². The third-order valence-corrected chi connectivity index (χ3v) is 7.38. The van der Waals surface area contributed by atoms with Gasteiger partial charge in [0.05, 0.1) is 0 Å². The molecule has 1 saturated heterocycles. The van der Waals surface area contributed by atoms with Crippen LogP contribution in [-0.4, -0.2) is 11.5 Å². The molecule has 1 fully saturated rings. The second-order valence-corrected chi connectivity index (χ2v) is 8.91. The summed E-state index contributed by atoms with van der Waals surface area (Å²) in [7, 11) is 0. The van der Waals surface area contributed by atoms with Crippen molar-refractivity contribution in [1.29, 1.82) is 0 Å². The zero-order valence-corrected chi connectivity index (χ0v) is 11.0. The highest BCUT2D eigenvalue weighted by Gasteiger charge is 2.31. The molecule has 1 aliphatic heterocycles. The fourth-order valence-corrected chi connectivity index (χ4v) is 5.72. The van der Waals surface area contributed by atoms with E-state index in [1.54, 1.807) is 0 Å². The van der Waals surface area contributed by atoms with Crippen LogP contribution in [0.4, 0.5) is 0 Å². The van der Waals surface area contributed by atoms with Gasteiger partial charge in [0.15, 0.2) is 0 Å². The Morgan fingerprint density at radius 2 is 1.69 bits per heavy atom. The van der Waals surface area contributed by atoms with Gasteiger partial charge in [-0.15, -0.1) is 23.5 Å². The molecule has 0 atom stereocenters. The molecule has 0 radical (unpaired) electrons. The van der Waals surface area contributed by atoms with Crippen LogP contribution < -0.4 is 0 Å². The van der Waals surface area contributed by atoms with Crippen molar-refractivity contribution in [2.45, 2.75) is 8.51 Å². The molecule has 0 N–H and O–H groups in total. The topological polar surface area (TPSA) is 0 Å². The highest BCUT2D eigenvalue weighted by Crippen LogP contribution is 2.55. The van der Waals surface area contributed by atoms with Crippen molar-refractivity contribution in [3.63, 3.8) is 0 Å². The maximum atomic E-state index is 2.58. The van der Waals surface area contributed by atoms with Gasteiger partial charge in [0.1, 0.15) is 2.09 Å². The summed E-state index contributed by atoms with van der Waals surface area (Å²) in [5, 5.41) is 0. The summed E-state index contributed by atoms with van der Waals surface area (Å²) in [6, 6.07) is 10.8. The highest BCUT2D eigenvalue weighted by atomic mass is 127. The van der Waals surface area contributed by atoms with Crippen LogP contribution in [0.15, 0.2) is 30.3 Å². The van der Waals surface area contributed by atoms with E-state index in [4.69, 9.17) is 0 Å². The predicted octanol–water partition coefficient (Wildman–Crippen LogP) is 4.10. The van der Waals surface area contributed by atoms with E-state index in [1.807, 2.05) is 0 Å². The van der Waals surface area contributed by atoms with Crippen LogP contribution in [0.3, 0.4) is 0 Å². The predicted molar refractivity (Wildman–Crippen MR) is 71.7 cm³/mol. The molecule has 13 heavy (non-hydrogen) atoms. The van der Waals surface area contributed by atoms with Crippen molar-refractivity contribution in [1.82, 2.24) is 0 Å². The lowest BCUT2D eigenvalue weighted by atomic mass is 10.2. The molecule has 0 unspecified atom stereocenters. The second kappa shape index (κ2) is 4.45. The van der Waals surface area contributed by atoms with E-state index in [-0.39, 0.29) is 2.09 Å². The molecule has 1 aliphatic rings. The van der Waals surface area contributed by atoms with Crippen molar-refractivity contribution >= 4 is 46.1 Å². The van der Waals surface area contributed by atoms with Crippen molar-refractivity contribution in [2.24, 2.45) is 0 Å². The molecule has 0 aromatic heterocycles. The smallest absolute Gasteiger partial charge is 0.129 e. The first kappa shape index (κ1) is 10.2. The molecular formula is C10H11IS2. The number of hydrogen-bond acceptors (Lipinski definition) is 2. The van der Waals surface area contributed by atoms with Gasteiger partial charge in [0, 0.05) is 0 Å². The van der Waals surface area contributed by atoms with E-state index >= 15 is 0 Å². The van der Waals surface area contributed by atoms with Crippen LogP contribution in [-0.2, 0) is 2.09 Å². The molecule has 0 spiro atoms. The van der Waals surface area contributed by atoms with Gasteiger partial charge in [-0.1, -0.05) is 30.3 Å². The van der Waals surface area contributed by atoms with Gasteiger partial charge < -0.3 is 0 Å². The molecule has 0 nitrogen and oxygen atoms in total. The molecule has 1 aromatic rings. The van der Waals surface area contributed by atoms with Crippen LogP contribution in [0.25, 0.3) is 0 Å². The van der Waals surface area contributed by atoms with Gasteiger partial charge in [-0.05, 0) is 46.1 Å². The molecule has 3 heteroatoms. The SMILES string of the molecule is IC1(c2ccccc2)SCCCS1. The third-order valence-electron chi connectivity index (χ3n) is 1.98. The quantitative estimate of drug-likeness (QED) is 0.564. The standard InChI is InChI=1S/C10H11IS2/c11-10(12-7-4-8-13-10)9-5-2-1-3-6-9/h1-3,5-6H,4,7-8H2. The normalized spacial score (nSPS) is 21.3. The lowest BCUT2D eigenvalue weighted by molar-refractivity contribution is 1.09. The number of halogens is 1. The van der Waals surface area contributed by atoms with Gasteiger partial charge in [-0.25, -0.2) is 0 Å². The van der Waals surface area contributed by atoms with E-state index < -0.39 is 0 Å². The fourth-order valence-electron chi connectivity index (χ4n) is 1.31. The largest absolute Gasteiger partial charge is 0.138 e. The summed E-state index contributed by atoms with van der Waals surface area (Å²) in [5.74, 6) is 2.59. The maximum absolute atomic E-state index is 2.58. The summed E-state index contributed by atoms with van der Waals surface area (Å²) in [4.78, 5) is 0. The minimum absolute atomic E-state index is 0.275. The van der Waals surface area contributed by atoms with E-state index in [0.29, 0.717) is 0 Å². The Hall–Kier alpha value is 0.650. The Balaban J connectivity index is 2.23. The summed E-state index contributed by atoms with van der Waals surface area (Å²) >= 11 is 6.72. The molecule has 0 bridgehead atoms. The molecular weight excluding hydrogens is 311 g/mol. The third kappa shape index (κ3) is 2.36. The molecule has 1 aromatic carbocycles. The molecule has 2 rings (SSSR count). The van der Waals surface area contributed by atoms with E-state index in [0.717, 1.165) is 0 Å². The number of hydrogen-bond donors (Lipinski definition) is 0. The molecule has 70 valence electrons. The number of thioether (sulfide) groups is 2. The maximum Gasteiger partial charge on any atom is 0.138 e. The molecule has 0 aliphatic carbocycles. The van der Waals surface area contributed by atoms with Gasteiger partial charge in [0.2, 0.25) is 0 Å². The fraction of sp³-hybridized carbons (Fsp3) is 0.400. The lowest BCUT2D eigenvalue weighted by Gasteiger charge is -2.30. The van der Waals surface area contributed by atoms with Crippen LogP contribution in [0.1, 0.15) is 12.0 Å². The molecule has 1 heterocycles. The Morgan fingerprint density at radius 1 is 1.08 bits per heavy atom. The van der Waals surface area contributed by atoms with Crippen LogP contribution in [0.5, 0.6) is 0 Å². The Kier molecular flexibility index (Phi) is 3.48. The summed E-state index contributed by atoms with van der Waals surface area (Å²) in [6.45, 7) is 0. The molecule has 0 amide bonds.